The van der Waals surface area contributed by atoms with E-state index >= 15 is 0 Å². The highest BCUT2D eigenvalue weighted by Gasteiger charge is 2.33. The van der Waals surface area contributed by atoms with Gasteiger partial charge in [-0.1, -0.05) is 6.92 Å². The number of nitrogens with zero attached hydrogens (tertiary/aromatic N) is 2. The number of carbonyl (C=O) groups excluding carboxylic acids is 1. The molecule has 0 fully saturated rings. The third-order valence-corrected chi connectivity index (χ3v) is 4.39. The zero-order valence-electron chi connectivity index (χ0n) is 16.2. The smallest absolute Gasteiger partial charge is 0.352 e. The van der Waals surface area contributed by atoms with Crippen molar-refractivity contribution in [2.45, 2.75) is 19.5 Å². The number of pyridine rings is 1. The zero-order chi connectivity index (χ0) is 22.6. The Morgan fingerprint density at radius 2 is 1.81 bits per heavy atom. The normalized spacial score (nSPS) is 11.0. The Labute approximate surface area is 175 Å². The predicted octanol–water partition coefficient (Wildman–Crippen LogP) is 6.19. The molecule has 0 amide bonds. The fraction of sp³-hybridized carbons (Fsp3) is 0.136. The largest absolute Gasteiger partial charge is 0.417 e. The summed E-state index contributed by atoms with van der Waals surface area (Å²) in [5.74, 6) is -0.819. The molecule has 0 saturated heterocycles. The molecule has 0 aliphatic rings. The van der Waals surface area contributed by atoms with Crippen LogP contribution in [0.5, 0.6) is 0 Å². The lowest BCUT2D eigenvalue weighted by Gasteiger charge is -2.15. The number of nitriles is 1. The third-order valence-electron chi connectivity index (χ3n) is 4.39. The number of ketones is 1. The SMILES string of the molecule is CCC(=O)c1ccc(Nc2cccnc2Nc2ccc(C#N)c(C(F)(F)F)c2)cc1F. The monoisotopic (exact) mass is 428 g/mol. The second kappa shape index (κ2) is 8.83. The molecule has 3 rings (SSSR count). The maximum Gasteiger partial charge on any atom is 0.417 e. The van der Waals surface area contributed by atoms with Crippen LogP contribution in [0.15, 0.2) is 54.7 Å². The molecule has 2 aromatic carbocycles. The van der Waals surface area contributed by atoms with Gasteiger partial charge in [-0.15, -0.1) is 0 Å². The van der Waals surface area contributed by atoms with Gasteiger partial charge >= 0.3 is 6.18 Å². The quantitative estimate of drug-likeness (QED) is 0.362. The second-order valence-electron chi connectivity index (χ2n) is 6.49. The Morgan fingerprint density at radius 1 is 1.10 bits per heavy atom. The van der Waals surface area contributed by atoms with E-state index in [9.17, 15) is 22.4 Å². The molecule has 31 heavy (non-hydrogen) atoms. The summed E-state index contributed by atoms with van der Waals surface area (Å²) in [4.78, 5) is 15.8. The van der Waals surface area contributed by atoms with Crippen LogP contribution in [0.3, 0.4) is 0 Å². The fourth-order valence-corrected chi connectivity index (χ4v) is 2.86. The number of Topliss-reactive ketones (excluding diaryl/α,β-unsaturated/α-hetero) is 1. The molecule has 1 heterocycles. The highest BCUT2D eigenvalue weighted by Crippen LogP contribution is 2.35. The van der Waals surface area contributed by atoms with Crippen LogP contribution in [0.25, 0.3) is 0 Å². The molecule has 0 saturated carbocycles. The van der Waals surface area contributed by atoms with Crippen molar-refractivity contribution in [2.24, 2.45) is 0 Å². The third kappa shape index (κ3) is 4.98. The first-order chi connectivity index (χ1) is 14.7. The Morgan fingerprint density at radius 3 is 2.45 bits per heavy atom. The second-order valence-corrected chi connectivity index (χ2v) is 6.49. The average molecular weight is 428 g/mol. The van der Waals surface area contributed by atoms with Gasteiger partial charge < -0.3 is 10.6 Å². The molecule has 2 N–H and O–H groups in total. The number of benzene rings is 2. The minimum absolute atomic E-state index is 0.0187. The number of nitrogens with one attached hydrogen (secondary N) is 2. The van der Waals surface area contributed by atoms with Crippen molar-refractivity contribution >= 4 is 28.7 Å². The first-order valence-electron chi connectivity index (χ1n) is 9.16. The Kier molecular flexibility index (Phi) is 6.20. The van der Waals surface area contributed by atoms with Gasteiger partial charge in [0.1, 0.15) is 5.82 Å². The van der Waals surface area contributed by atoms with Crippen molar-refractivity contribution in [3.8, 4) is 6.07 Å². The van der Waals surface area contributed by atoms with E-state index in [1.807, 2.05) is 0 Å². The summed E-state index contributed by atoms with van der Waals surface area (Å²) < 4.78 is 53.9. The van der Waals surface area contributed by atoms with E-state index in [-0.39, 0.29) is 29.3 Å². The standard InChI is InChI=1S/C22H16F4N4O/c1-2-20(31)16-8-7-15(11-18(16)23)29-19-4-3-9-28-21(19)30-14-6-5-13(12-27)17(10-14)22(24,25)26/h3-11,29H,2H2,1H3,(H,28,30). The Hall–Kier alpha value is -3.93. The average Bonchev–Trinajstić information content (AvgIpc) is 2.74. The predicted molar refractivity (Wildman–Crippen MR) is 108 cm³/mol. The summed E-state index contributed by atoms with van der Waals surface area (Å²) in [6, 6.07) is 12.0. The number of rotatable bonds is 6. The number of hydrogen-bond acceptors (Lipinski definition) is 5. The maximum atomic E-state index is 14.2. The van der Waals surface area contributed by atoms with Crippen molar-refractivity contribution < 1.29 is 22.4 Å². The van der Waals surface area contributed by atoms with Gasteiger partial charge in [0.2, 0.25) is 0 Å². The molecular formula is C22H16F4N4O. The van der Waals surface area contributed by atoms with Gasteiger partial charge in [0.05, 0.1) is 28.4 Å². The van der Waals surface area contributed by atoms with Crippen molar-refractivity contribution in [1.82, 2.24) is 4.98 Å². The summed E-state index contributed by atoms with van der Waals surface area (Å²) in [6.45, 7) is 1.63. The number of aromatic nitrogens is 1. The van der Waals surface area contributed by atoms with Crippen LogP contribution in [0.2, 0.25) is 0 Å². The summed E-state index contributed by atoms with van der Waals surface area (Å²) in [5.41, 5.74) is -0.803. The molecule has 0 unspecified atom stereocenters. The van der Waals surface area contributed by atoms with Gasteiger partial charge in [0.15, 0.2) is 11.6 Å². The molecule has 9 heteroatoms. The van der Waals surface area contributed by atoms with Crippen LogP contribution in [0.4, 0.5) is 40.4 Å². The first kappa shape index (κ1) is 21.8. The van der Waals surface area contributed by atoms with Crippen LogP contribution >= 0.6 is 0 Å². The molecule has 0 spiro atoms. The lowest BCUT2D eigenvalue weighted by atomic mass is 10.1. The topological polar surface area (TPSA) is 77.8 Å². The van der Waals surface area contributed by atoms with E-state index in [2.05, 4.69) is 15.6 Å². The molecule has 0 aliphatic heterocycles. The molecule has 3 aromatic rings. The van der Waals surface area contributed by atoms with Crippen molar-refractivity contribution in [1.29, 1.82) is 5.26 Å². The summed E-state index contributed by atoms with van der Waals surface area (Å²) in [5, 5.41) is 14.6. The van der Waals surface area contributed by atoms with Gasteiger partial charge in [-0.05, 0) is 48.5 Å². The van der Waals surface area contributed by atoms with Gasteiger partial charge in [-0.2, -0.15) is 18.4 Å². The molecule has 158 valence electrons. The lowest BCUT2D eigenvalue weighted by molar-refractivity contribution is -0.137. The molecule has 0 atom stereocenters. The van der Waals surface area contributed by atoms with Crippen LogP contribution in [-0.2, 0) is 6.18 Å². The highest BCUT2D eigenvalue weighted by atomic mass is 19.4. The van der Waals surface area contributed by atoms with Crippen molar-refractivity contribution in [3.05, 3.63) is 77.2 Å². The van der Waals surface area contributed by atoms with Crippen LogP contribution in [0, 0.1) is 17.1 Å². The molecule has 0 aliphatic carbocycles. The molecule has 1 aromatic heterocycles. The number of carbonyl (C=O) groups is 1. The number of halogens is 4. The Balaban J connectivity index is 1.89. The number of hydrogen-bond donors (Lipinski definition) is 2. The van der Waals surface area contributed by atoms with Gasteiger partial charge in [-0.3, -0.25) is 4.79 Å². The van der Waals surface area contributed by atoms with Gasteiger partial charge in [0.25, 0.3) is 0 Å². The lowest BCUT2D eigenvalue weighted by Crippen LogP contribution is -2.09. The number of anilines is 4. The van der Waals surface area contributed by atoms with Crippen LogP contribution in [-0.4, -0.2) is 10.8 Å². The van der Waals surface area contributed by atoms with E-state index < -0.39 is 23.1 Å². The van der Waals surface area contributed by atoms with E-state index in [0.29, 0.717) is 11.4 Å². The first-order valence-corrected chi connectivity index (χ1v) is 9.16. The van der Waals surface area contributed by atoms with Gasteiger partial charge in [-0.25, -0.2) is 9.37 Å². The molecule has 0 bridgehead atoms. The van der Waals surface area contributed by atoms with Crippen molar-refractivity contribution in [3.63, 3.8) is 0 Å². The van der Waals surface area contributed by atoms with Gasteiger partial charge in [0, 0.05) is 24.0 Å². The highest BCUT2D eigenvalue weighted by molar-refractivity contribution is 5.96. The van der Waals surface area contributed by atoms with Crippen molar-refractivity contribution in [2.75, 3.05) is 10.6 Å². The van der Waals surface area contributed by atoms with E-state index in [0.717, 1.165) is 18.2 Å². The minimum atomic E-state index is -4.69. The molecular weight excluding hydrogens is 412 g/mol. The minimum Gasteiger partial charge on any atom is -0.352 e. The zero-order valence-corrected chi connectivity index (χ0v) is 16.2. The summed E-state index contributed by atoms with van der Waals surface area (Å²) >= 11 is 0. The maximum absolute atomic E-state index is 14.2. The summed E-state index contributed by atoms with van der Waals surface area (Å²) in [6.07, 6.45) is -3.08. The fourth-order valence-electron chi connectivity index (χ4n) is 2.86. The van der Waals surface area contributed by atoms with Crippen LogP contribution < -0.4 is 10.6 Å². The van der Waals surface area contributed by atoms with Crippen LogP contribution in [0.1, 0.15) is 34.8 Å². The molecule has 5 nitrogen and oxygen atoms in total. The van der Waals surface area contributed by atoms with E-state index in [4.69, 9.17) is 5.26 Å². The van der Waals surface area contributed by atoms with E-state index in [1.165, 1.54) is 30.5 Å². The summed E-state index contributed by atoms with van der Waals surface area (Å²) in [7, 11) is 0. The Bertz CT molecular complexity index is 1170. The number of alkyl halides is 3. The molecule has 0 radical (unpaired) electrons. The van der Waals surface area contributed by atoms with E-state index in [1.54, 1.807) is 19.1 Å².